The largest absolute Gasteiger partial charge is 0.454 e. The molecule has 0 fully saturated rings. The summed E-state index contributed by atoms with van der Waals surface area (Å²) < 4.78 is 9.23. The van der Waals surface area contributed by atoms with Gasteiger partial charge in [0.15, 0.2) is 5.58 Å². The number of nitrogens with zero attached hydrogens (tertiary/aromatic N) is 1. The lowest BCUT2D eigenvalue weighted by Gasteiger charge is -2.26. The second-order valence-electron chi connectivity index (χ2n) is 12.6. The Morgan fingerprint density at radius 1 is 0.388 bits per heavy atom. The second kappa shape index (κ2) is 11.2. The second-order valence-corrected chi connectivity index (χ2v) is 13.6. The number of anilines is 3. The van der Waals surface area contributed by atoms with Crippen LogP contribution in [0, 0.1) is 0 Å². The van der Waals surface area contributed by atoms with Crippen LogP contribution in [-0.2, 0) is 0 Å². The third kappa shape index (κ3) is 4.70. The Kier molecular flexibility index (Phi) is 6.39. The van der Waals surface area contributed by atoms with Crippen molar-refractivity contribution in [2.24, 2.45) is 0 Å². The van der Waals surface area contributed by atoms with Gasteiger partial charge in [-0.2, -0.15) is 0 Å². The number of furan rings is 1. The molecule has 0 atom stereocenters. The van der Waals surface area contributed by atoms with E-state index >= 15 is 0 Å². The Morgan fingerprint density at radius 2 is 1.06 bits per heavy atom. The highest BCUT2D eigenvalue weighted by Crippen LogP contribution is 2.44. The van der Waals surface area contributed by atoms with E-state index in [-0.39, 0.29) is 0 Å². The maximum atomic E-state index is 6.59. The standard InChI is InChI=1S/C46H29NOS/c1-2-10-32-27-34(20-19-30(32)9-1)33-11-7-12-37(28-33)47(42-16-8-15-40-38-13-3-5-17-43(38)48-46(40)42)36-24-21-31(22-25-36)35-23-26-45-41(29-35)39-14-4-6-18-44(39)49-45/h1-29H. The van der Waals surface area contributed by atoms with Crippen molar-refractivity contribution in [2.45, 2.75) is 0 Å². The topological polar surface area (TPSA) is 16.4 Å². The number of hydrogen-bond acceptors (Lipinski definition) is 3. The zero-order valence-electron chi connectivity index (χ0n) is 26.5. The summed E-state index contributed by atoms with van der Waals surface area (Å²) in [7, 11) is 0. The number of para-hydroxylation sites is 2. The highest BCUT2D eigenvalue weighted by molar-refractivity contribution is 7.25. The molecule has 0 bridgehead atoms. The first-order valence-corrected chi connectivity index (χ1v) is 17.4. The van der Waals surface area contributed by atoms with Crippen LogP contribution in [0.1, 0.15) is 0 Å². The van der Waals surface area contributed by atoms with E-state index in [1.54, 1.807) is 0 Å². The van der Waals surface area contributed by atoms with Crippen LogP contribution < -0.4 is 4.90 Å². The molecule has 0 unspecified atom stereocenters. The molecule has 0 saturated carbocycles. The molecule has 0 spiro atoms. The summed E-state index contributed by atoms with van der Waals surface area (Å²) in [6.45, 7) is 0. The van der Waals surface area contributed by atoms with Crippen molar-refractivity contribution in [1.82, 2.24) is 0 Å². The molecule has 10 aromatic rings. The summed E-state index contributed by atoms with van der Waals surface area (Å²) in [5, 5.41) is 7.33. The summed E-state index contributed by atoms with van der Waals surface area (Å²) in [5.41, 5.74) is 9.65. The molecule has 0 aliphatic heterocycles. The van der Waals surface area contributed by atoms with Gasteiger partial charge < -0.3 is 9.32 Å². The van der Waals surface area contributed by atoms with E-state index in [1.165, 1.54) is 47.6 Å². The van der Waals surface area contributed by atoms with Crippen LogP contribution in [0.2, 0.25) is 0 Å². The molecule has 2 nitrogen and oxygen atoms in total. The molecule has 0 radical (unpaired) electrons. The number of thiophene rings is 1. The van der Waals surface area contributed by atoms with Gasteiger partial charge in [-0.05, 0) is 93.7 Å². The van der Waals surface area contributed by atoms with Gasteiger partial charge in [-0.1, -0.05) is 115 Å². The van der Waals surface area contributed by atoms with Gasteiger partial charge in [-0.15, -0.1) is 11.3 Å². The Hall–Kier alpha value is -6.16. The van der Waals surface area contributed by atoms with Crippen LogP contribution in [0.25, 0.3) is 75.1 Å². The van der Waals surface area contributed by atoms with E-state index in [2.05, 4.69) is 169 Å². The van der Waals surface area contributed by atoms with Crippen LogP contribution in [0.5, 0.6) is 0 Å². The normalized spacial score (nSPS) is 11.7. The number of hydrogen-bond donors (Lipinski definition) is 0. The van der Waals surface area contributed by atoms with E-state index in [1.807, 2.05) is 23.5 Å². The molecule has 3 heteroatoms. The maximum Gasteiger partial charge on any atom is 0.159 e. The Balaban J connectivity index is 1.12. The van der Waals surface area contributed by atoms with Gasteiger partial charge in [-0.3, -0.25) is 0 Å². The first-order valence-electron chi connectivity index (χ1n) is 16.6. The number of fused-ring (bicyclic) bond motifs is 7. The molecular formula is C46H29NOS. The van der Waals surface area contributed by atoms with Gasteiger partial charge in [-0.25, -0.2) is 0 Å². The minimum absolute atomic E-state index is 0.874. The maximum absolute atomic E-state index is 6.59. The summed E-state index contributed by atoms with van der Waals surface area (Å²) in [4.78, 5) is 2.33. The third-order valence-electron chi connectivity index (χ3n) is 9.65. The summed E-state index contributed by atoms with van der Waals surface area (Å²) >= 11 is 1.85. The quantitative estimate of drug-likeness (QED) is 0.186. The molecule has 0 saturated heterocycles. The molecular weight excluding hydrogens is 615 g/mol. The van der Waals surface area contributed by atoms with Crippen molar-refractivity contribution in [1.29, 1.82) is 0 Å². The van der Waals surface area contributed by atoms with Gasteiger partial charge in [0.2, 0.25) is 0 Å². The SMILES string of the molecule is c1cc(-c2ccc3ccccc3c2)cc(N(c2ccc(-c3ccc4sc5ccccc5c4c3)cc2)c2cccc3c2oc2ccccc23)c1. The fraction of sp³-hybridized carbons (Fsp3) is 0. The molecule has 49 heavy (non-hydrogen) atoms. The molecule has 0 N–H and O–H groups in total. The number of rotatable bonds is 5. The van der Waals surface area contributed by atoms with E-state index in [9.17, 15) is 0 Å². The van der Waals surface area contributed by atoms with Gasteiger partial charge in [0, 0.05) is 42.3 Å². The van der Waals surface area contributed by atoms with Crippen LogP contribution in [0.15, 0.2) is 180 Å². The number of benzene rings is 8. The van der Waals surface area contributed by atoms with Crippen molar-refractivity contribution >= 4 is 81.3 Å². The molecule has 2 heterocycles. The van der Waals surface area contributed by atoms with Crippen molar-refractivity contribution in [3.05, 3.63) is 176 Å². The minimum Gasteiger partial charge on any atom is -0.454 e. The van der Waals surface area contributed by atoms with E-state index in [0.717, 1.165) is 44.6 Å². The van der Waals surface area contributed by atoms with Crippen LogP contribution in [-0.4, -0.2) is 0 Å². The molecule has 0 aliphatic rings. The first kappa shape index (κ1) is 27.9. The molecule has 0 aliphatic carbocycles. The Morgan fingerprint density at radius 3 is 1.98 bits per heavy atom. The lowest BCUT2D eigenvalue weighted by Crippen LogP contribution is -2.10. The fourth-order valence-electron chi connectivity index (χ4n) is 7.24. The first-order chi connectivity index (χ1) is 24.3. The fourth-order valence-corrected chi connectivity index (χ4v) is 8.32. The van der Waals surface area contributed by atoms with Gasteiger partial charge in [0.25, 0.3) is 0 Å². The third-order valence-corrected chi connectivity index (χ3v) is 10.8. The summed E-state index contributed by atoms with van der Waals surface area (Å²) in [6, 6.07) is 63.3. The molecule has 230 valence electrons. The van der Waals surface area contributed by atoms with Gasteiger partial charge in [0.05, 0.1) is 5.69 Å². The van der Waals surface area contributed by atoms with Crippen LogP contribution in [0.4, 0.5) is 17.1 Å². The predicted molar refractivity (Wildman–Crippen MR) is 210 cm³/mol. The van der Waals surface area contributed by atoms with Crippen molar-refractivity contribution < 1.29 is 4.42 Å². The lowest BCUT2D eigenvalue weighted by molar-refractivity contribution is 0.669. The summed E-state index contributed by atoms with van der Waals surface area (Å²) in [5.74, 6) is 0. The lowest BCUT2D eigenvalue weighted by atomic mass is 10.00. The molecule has 0 amide bonds. The van der Waals surface area contributed by atoms with Crippen LogP contribution >= 0.6 is 11.3 Å². The highest BCUT2D eigenvalue weighted by Gasteiger charge is 2.20. The van der Waals surface area contributed by atoms with Gasteiger partial charge in [0.1, 0.15) is 5.58 Å². The average molecular weight is 644 g/mol. The van der Waals surface area contributed by atoms with E-state index < -0.39 is 0 Å². The Labute approximate surface area is 287 Å². The molecule has 10 rings (SSSR count). The summed E-state index contributed by atoms with van der Waals surface area (Å²) in [6.07, 6.45) is 0. The van der Waals surface area contributed by atoms with E-state index in [4.69, 9.17) is 4.42 Å². The van der Waals surface area contributed by atoms with Gasteiger partial charge >= 0.3 is 0 Å². The zero-order valence-corrected chi connectivity index (χ0v) is 27.3. The predicted octanol–water partition coefficient (Wildman–Crippen LogP) is 13.9. The Bertz CT molecular complexity index is 2840. The van der Waals surface area contributed by atoms with Crippen molar-refractivity contribution in [3.63, 3.8) is 0 Å². The molecule has 8 aromatic carbocycles. The van der Waals surface area contributed by atoms with Crippen molar-refractivity contribution in [2.75, 3.05) is 4.90 Å². The van der Waals surface area contributed by atoms with E-state index in [0.29, 0.717) is 0 Å². The highest BCUT2D eigenvalue weighted by atomic mass is 32.1. The zero-order chi connectivity index (χ0) is 32.3. The minimum atomic E-state index is 0.874. The monoisotopic (exact) mass is 643 g/mol. The molecule has 2 aromatic heterocycles. The van der Waals surface area contributed by atoms with Crippen LogP contribution in [0.3, 0.4) is 0 Å². The smallest absolute Gasteiger partial charge is 0.159 e. The average Bonchev–Trinajstić information content (AvgIpc) is 3.74. The van der Waals surface area contributed by atoms with Crippen molar-refractivity contribution in [3.8, 4) is 22.3 Å².